The molecule has 1 aliphatic heterocycles. The van der Waals surface area contributed by atoms with E-state index in [0.29, 0.717) is 23.1 Å². The number of guanidine groups is 1. The van der Waals surface area contributed by atoms with Crippen LogP contribution >= 0.6 is 11.6 Å². The van der Waals surface area contributed by atoms with Crippen LogP contribution in [0.25, 0.3) is 0 Å². The van der Waals surface area contributed by atoms with Crippen LogP contribution in [0.5, 0.6) is 0 Å². The van der Waals surface area contributed by atoms with Gasteiger partial charge in [-0.25, -0.2) is 14.8 Å². The SMILES string of the molecule is CC.COC(=O)c1ccc(CN=C(/N=C/N2CCCCC2)Nc2ccc(Cl)cc2C)cc1. The van der Waals surface area contributed by atoms with Crippen LogP contribution in [-0.4, -0.2) is 43.4 Å². The Kier molecular flexibility index (Phi) is 10.7. The molecular formula is C25H33ClN4O2. The summed E-state index contributed by atoms with van der Waals surface area (Å²) in [5.41, 5.74) is 3.42. The van der Waals surface area contributed by atoms with Crippen molar-refractivity contribution in [2.45, 2.75) is 46.6 Å². The second-order valence-corrected chi connectivity index (χ2v) is 7.69. The third kappa shape index (κ3) is 8.00. The van der Waals surface area contributed by atoms with Gasteiger partial charge in [-0.15, -0.1) is 0 Å². The Morgan fingerprint density at radius 3 is 2.44 bits per heavy atom. The summed E-state index contributed by atoms with van der Waals surface area (Å²) in [7, 11) is 1.37. The van der Waals surface area contributed by atoms with E-state index in [1.807, 2.05) is 57.4 Å². The number of likely N-dealkylation sites (tertiary alicyclic amines) is 1. The van der Waals surface area contributed by atoms with Crippen molar-refractivity contribution in [1.29, 1.82) is 0 Å². The Labute approximate surface area is 196 Å². The Balaban J connectivity index is 0.00000176. The molecule has 0 radical (unpaired) electrons. The van der Waals surface area contributed by atoms with Crippen molar-refractivity contribution >= 4 is 35.6 Å². The van der Waals surface area contributed by atoms with Crippen molar-refractivity contribution in [2.75, 3.05) is 25.5 Å². The van der Waals surface area contributed by atoms with Crippen LogP contribution in [0, 0.1) is 6.92 Å². The predicted octanol–water partition coefficient (Wildman–Crippen LogP) is 5.94. The van der Waals surface area contributed by atoms with Crippen LogP contribution in [0.3, 0.4) is 0 Å². The minimum atomic E-state index is -0.350. The molecule has 1 heterocycles. The third-order valence-corrected chi connectivity index (χ3v) is 5.19. The number of anilines is 1. The first-order chi connectivity index (χ1) is 15.5. The zero-order valence-electron chi connectivity index (χ0n) is 19.4. The van der Waals surface area contributed by atoms with Crippen LogP contribution in [0.1, 0.15) is 54.6 Å². The Morgan fingerprint density at radius 2 is 1.81 bits per heavy atom. The number of hydrogen-bond donors (Lipinski definition) is 1. The van der Waals surface area contributed by atoms with E-state index in [1.54, 1.807) is 12.1 Å². The fourth-order valence-corrected chi connectivity index (χ4v) is 3.43. The van der Waals surface area contributed by atoms with Gasteiger partial charge in [0.25, 0.3) is 0 Å². The maximum absolute atomic E-state index is 11.6. The number of aryl methyl sites for hydroxylation is 1. The number of carbonyl (C=O) groups is 1. The number of carbonyl (C=O) groups excluding carboxylic acids is 1. The quantitative estimate of drug-likeness (QED) is 0.343. The molecule has 0 saturated carbocycles. The lowest BCUT2D eigenvalue weighted by Gasteiger charge is -2.23. The lowest BCUT2D eigenvalue weighted by molar-refractivity contribution is 0.0600. The van der Waals surface area contributed by atoms with Gasteiger partial charge < -0.3 is 15.0 Å². The number of rotatable bonds is 5. The number of aliphatic imine (C=N–C) groups is 2. The summed E-state index contributed by atoms with van der Waals surface area (Å²) in [6.07, 6.45) is 5.52. The first-order valence-electron chi connectivity index (χ1n) is 11.1. The summed E-state index contributed by atoms with van der Waals surface area (Å²) in [5.74, 6) is 0.180. The zero-order chi connectivity index (χ0) is 23.3. The molecule has 1 saturated heterocycles. The van der Waals surface area contributed by atoms with E-state index in [1.165, 1.54) is 26.4 Å². The van der Waals surface area contributed by atoms with Crippen LogP contribution in [0.2, 0.25) is 5.02 Å². The van der Waals surface area contributed by atoms with Crippen LogP contribution in [0.4, 0.5) is 5.69 Å². The molecule has 0 aromatic heterocycles. The smallest absolute Gasteiger partial charge is 0.337 e. The maximum Gasteiger partial charge on any atom is 0.337 e. The molecule has 6 nitrogen and oxygen atoms in total. The van der Waals surface area contributed by atoms with Gasteiger partial charge in [-0.05, 0) is 67.6 Å². The van der Waals surface area contributed by atoms with E-state index in [2.05, 4.69) is 20.2 Å². The molecule has 7 heteroatoms. The van der Waals surface area contributed by atoms with E-state index in [-0.39, 0.29) is 5.97 Å². The number of benzene rings is 2. The summed E-state index contributed by atoms with van der Waals surface area (Å²) < 4.78 is 4.74. The minimum absolute atomic E-state index is 0.350. The van der Waals surface area contributed by atoms with E-state index in [0.717, 1.165) is 29.9 Å². The first-order valence-corrected chi connectivity index (χ1v) is 11.5. The van der Waals surface area contributed by atoms with Gasteiger partial charge in [0.2, 0.25) is 5.96 Å². The maximum atomic E-state index is 11.6. The van der Waals surface area contributed by atoms with Gasteiger partial charge in [0.1, 0.15) is 0 Å². The van der Waals surface area contributed by atoms with Gasteiger partial charge in [0, 0.05) is 23.8 Å². The topological polar surface area (TPSA) is 66.3 Å². The molecule has 0 atom stereocenters. The fraction of sp³-hybridized carbons (Fsp3) is 0.400. The summed E-state index contributed by atoms with van der Waals surface area (Å²) >= 11 is 6.08. The number of hydrogen-bond acceptors (Lipinski definition) is 3. The van der Waals surface area contributed by atoms with Crippen molar-refractivity contribution in [3.8, 4) is 0 Å². The van der Waals surface area contributed by atoms with Gasteiger partial charge in [-0.2, -0.15) is 0 Å². The highest BCUT2D eigenvalue weighted by Gasteiger charge is 2.08. The number of ether oxygens (including phenoxy) is 1. The molecule has 32 heavy (non-hydrogen) atoms. The van der Waals surface area contributed by atoms with E-state index in [9.17, 15) is 4.79 Å². The van der Waals surface area contributed by atoms with Gasteiger partial charge >= 0.3 is 5.97 Å². The molecule has 2 aromatic carbocycles. The van der Waals surface area contributed by atoms with E-state index in [4.69, 9.17) is 16.3 Å². The fourth-order valence-electron chi connectivity index (χ4n) is 3.20. The van der Waals surface area contributed by atoms with Crippen LogP contribution in [-0.2, 0) is 11.3 Å². The second kappa shape index (κ2) is 13.5. The predicted molar refractivity (Wildman–Crippen MR) is 134 cm³/mol. The first kappa shape index (κ1) is 25.4. The molecule has 2 aromatic rings. The van der Waals surface area contributed by atoms with Crippen molar-refractivity contribution in [3.05, 3.63) is 64.2 Å². The number of halogens is 1. The average Bonchev–Trinajstić information content (AvgIpc) is 2.84. The molecular weight excluding hydrogens is 424 g/mol. The van der Waals surface area contributed by atoms with Crippen molar-refractivity contribution in [1.82, 2.24) is 4.90 Å². The Hall–Kier alpha value is -2.86. The van der Waals surface area contributed by atoms with Crippen LogP contribution in [0.15, 0.2) is 52.4 Å². The van der Waals surface area contributed by atoms with E-state index < -0.39 is 0 Å². The molecule has 1 aliphatic rings. The largest absolute Gasteiger partial charge is 0.465 e. The third-order valence-electron chi connectivity index (χ3n) is 4.96. The monoisotopic (exact) mass is 456 g/mol. The van der Waals surface area contributed by atoms with E-state index >= 15 is 0 Å². The molecule has 0 bridgehead atoms. The molecule has 172 valence electrons. The summed E-state index contributed by atoms with van der Waals surface area (Å²) in [5, 5.41) is 4.01. The number of esters is 1. The molecule has 1 N–H and O–H groups in total. The molecule has 0 unspecified atom stereocenters. The standard InChI is InChI=1S/C23H27ClN4O2.C2H6/c1-17-14-20(24)10-11-21(17)27-23(26-16-28-12-4-3-5-13-28)25-15-18-6-8-19(9-7-18)22(29)30-2;1-2/h6-11,14,16H,3-5,12-13,15H2,1-2H3,(H,25,27);1-2H3/b26-16+;. The highest BCUT2D eigenvalue weighted by atomic mass is 35.5. The van der Waals surface area contributed by atoms with Crippen LogP contribution < -0.4 is 5.32 Å². The highest BCUT2D eigenvalue weighted by molar-refractivity contribution is 6.30. The minimum Gasteiger partial charge on any atom is -0.465 e. The normalized spacial score (nSPS) is 14.0. The molecule has 1 fully saturated rings. The van der Waals surface area contributed by atoms with Crippen molar-refractivity contribution in [3.63, 3.8) is 0 Å². The van der Waals surface area contributed by atoms with Gasteiger partial charge in [-0.3, -0.25) is 0 Å². The highest BCUT2D eigenvalue weighted by Crippen LogP contribution is 2.20. The molecule has 0 amide bonds. The number of nitrogens with one attached hydrogen (secondary N) is 1. The summed E-state index contributed by atoms with van der Waals surface area (Å²) in [6, 6.07) is 12.9. The number of nitrogens with zero attached hydrogens (tertiary/aromatic N) is 3. The Morgan fingerprint density at radius 1 is 1.12 bits per heavy atom. The zero-order valence-corrected chi connectivity index (χ0v) is 20.2. The average molecular weight is 457 g/mol. The summed E-state index contributed by atoms with van der Waals surface area (Å²) in [6.45, 7) is 8.47. The molecule has 3 rings (SSSR count). The Bertz CT molecular complexity index is 920. The van der Waals surface area contributed by atoms with Gasteiger partial charge in [0.15, 0.2) is 0 Å². The number of piperidine rings is 1. The van der Waals surface area contributed by atoms with Crippen molar-refractivity contribution < 1.29 is 9.53 Å². The summed E-state index contributed by atoms with van der Waals surface area (Å²) in [4.78, 5) is 23.1. The van der Waals surface area contributed by atoms with Crippen molar-refractivity contribution in [2.24, 2.45) is 9.98 Å². The lowest BCUT2D eigenvalue weighted by Crippen LogP contribution is -2.29. The molecule has 0 spiro atoms. The molecule has 0 aliphatic carbocycles. The van der Waals surface area contributed by atoms with Gasteiger partial charge in [-0.1, -0.05) is 37.6 Å². The second-order valence-electron chi connectivity index (χ2n) is 7.25. The lowest BCUT2D eigenvalue weighted by atomic mass is 10.1. The number of methoxy groups -OCH3 is 1. The van der Waals surface area contributed by atoms with Gasteiger partial charge in [0.05, 0.1) is 25.6 Å².